The Kier molecular flexibility index (Phi) is 5.49. The van der Waals surface area contributed by atoms with Gasteiger partial charge < -0.3 is 15.8 Å². The molecule has 0 unspecified atom stereocenters. The molecular weight excluding hydrogens is 226 g/mol. The molecule has 0 aromatic heterocycles. The number of nitrogens with zero attached hydrogens (tertiary/aromatic N) is 2. The summed E-state index contributed by atoms with van der Waals surface area (Å²) in [6, 6.07) is 7.73. The van der Waals surface area contributed by atoms with E-state index in [1.807, 2.05) is 24.3 Å². The molecule has 3 N–H and O–H groups in total. The summed E-state index contributed by atoms with van der Waals surface area (Å²) in [5.74, 6) is 0.864. The molecule has 1 aromatic carbocycles. The maximum absolute atomic E-state index is 8.60. The molecule has 18 heavy (non-hydrogen) atoms. The average molecular weight is 249 g/mol. The number of oxime groups is 1. The highest BCUT2D eigenvalue weighted by Gasteiger charge is 2.08. The normalized spacial score (nSPS) is 11.9. The lowest BCUT2D eigenvalue weighted by Gasteiger charge is -2.24. The summed E-state index contributed by atoms with van der Waals surface area (Å²) >= 11 is 0. The van der Waals surface area contributed by atoms with Crippen molar-refractivity contribution in [2.75, 3.05) is 18.5 Å². The van der Waals surface area contributed by atoms with E-state index in [1.165, 1.54) is 12.8 Å². The Morgan fingerprint density at radius 3 is 2.28 bits per heavy atom. The first-order valence-corrected chi connectivity index (χ1v) is 6.41. The van der Waals surface area contributed by atoms with Crippen LogP contribution in [-0.4, -0.2) is 24.6 Å². The molecule has 4 heteroatoms. The van der Waals surface area contributed by atoms with Crippen LogP contribution in [-0.2, 0) is 0 Å². The molecule has 1 aromatic rings. The van der Waals surface area contributed by atoms with Gasteiger partial charge >= 0.3 is 0 Å². The van der Waals surface area contributed by atoms with Gasteiger partial charge in [-0.25, -0.2) is 0 Å². The van der Waals surface area contributed by atoms with Crippen LogP contribution in [0.4, 0.5) is 5.69 Å². The van der Waals surface area contributed by atoms with Gasteiger partial charge in [0, 0.05) is 24.8 Å². The van der Waals surface area contributed by atoms with E-state index in [0.29, 0.717) is 0 Å². The van der Waals surface area contributed by atoms with Gasteiger partial charge in [-0.3, -0.25) is 0 Å². The topological polar surface area (TPSA) is 61.8 Å². The van der Waals surface area contributed by atoms with Crippen LogP contribution in [0.2, 0.25) is 0 Å². The highest BCUT2D eigenvalue weighted by molar-refractivity contribution is 5.97. The summed E-state index contributed by atoms with van der Waals surface area (Å²) in [4.78, 5) is 2.24. The lowest BCUT2D eigenvalue weighted by atomic mass is 10.0. The molecule has 0 aliphatic carbocycles. The number of rotatable bonds is 6. The van der Waals surface area contributed by atoms with Gasteiger partial charge in [0.2, 0.25) is 0 Å². The molecule has 100 valence electrons. The number of nitrogens with two attached hydrogens (primary N) is 1. The van der Waals surface area contributed by atoms with Gasteiger partial charge in [-0.2, -0.15) is 0 Å². The maximum Gasteiger partial charge on any atom is 0.170 e. The summed E-state index contributed by atoms with van der Waals surface area (Å²) in [6.07, 6.45) is 2.39. The van der Waals surface area contributed by atoms with Crippen molar-refractivity contribution in [1.82, 2.24) is 0 Å². The minimum atomic E-state index is 0.143. The average Bonchev–Trinajstić information content (AvgIpc) is 2.43. The summed E-state index contributed by atoms with van der Waals surface area (Å²) in [5.41, 5.74) is 7.41. The van der Waals surface area contributed by atoms with Crippen molar-refractivity contribution in [3.63, 3.8) is 0 Å². The van der Waals surface area contributed by atoms with Crippen molar-refractivity contribution in [3.8, 4) is 0 Å². The van der Waals surface area contributed by atoms with E-state index in [1.54, 1.807) is 0 Å². The Bertz CT molecular complexity index is 383. The molecule has 0 saturated heterocycles. The lowest BCUT2D eigenvalue weighted by molar-refractivity contribution is 0.318. The first kappa shape index (κ1) is 14.4. The SMILES string of the molecule is CCC(CC)CN(C)c1ccc(/C(N)=N/O)cc1. The number of benzene rings is 1. The zero-order chi connectivity index (χ0) is 13.5. The molecule has 1 rings (SSSR count). The Hall–Kier alpha value is -1.71. The van der Waals surface area contributed by atoms with Crippen molar-refractivity contribution in [2.45, 2.75) is 26.7 Å². The monoisotopic (exact) mass is 249 g/mol. The zero-order valence-electron chi connectivity index (χ0n) is 11.4. The smallest absolute Gasteiger partial charge is 0.170 e. The first-order chi connectivity index (χ1) is 8.62. The lowest BCUT2D eigenvalue weighted by Crippen LogP contribution is -2.24. The Balaban J connectivity index is 2.72. The van der Waals surface area contributed by atoms with Gasteiger partial charge in [-0.1, -0.05) is 31.8 Å². The second-order valence-electron chi connectivity index (χ2n) is 4.60. The largest absolute Gasteiger partial charge is 0.409 e. The van der Waals surface area contributed by atoms with Gasteiger partial charge in [-0.05, 0) is 30.2 Å². The van der Waals surface area contributed by atoms with E-state index in [4.69, 9.17) is 10.9 Å². The van der Waals surface area contributed by atoms with Gasteiger partial charge in [0.15, 0.2) is 5.84 Å². The van der Waals surface area contributed by atoms with Crippen molar-refractivity contribution in [3.05, 3.63) is 29.8 Å². The van der Waals surface area contributed by atoms with Crippen LogP contribution in [0.3, 0.4) is 0 Å². The van der Waals surface area contributed by atoms with Crippen LogP contribution in [0.5, 0.6) is 0 Å². The van der Waals surface area contributed by atoms with Crippen molar-refractivity contribution >= 4 is 11.5 Å². The molecule has 0 heterocycles. The zero-order valence-corrected chi connectivity index (χ0v) is 11.4. The molecule has 0 spiro atoms. The third-order valence-electron chi connectivity index (χ3n) is 3.40. The van der Waals surface area contributed by atoms with E-state index >= 15 is 0 Å². The highest BCUT2D eigenvalue weighted by Crippen LogP contribution is 2.17. The second kappa shape index (κ2) is 6.89. The molecule has 0 radical (unpaired) electrons. The predicted octanol–water partition coefficient (Wildman–Crippen LogP) is 2.65. The summed E-state index contributed by atoms with van der Waals surface area (Å²) in [5, 5.41) is 11.6. The molecule has 0 saturated carbocycles. The molecule has 0 amide bonds. The van der Waals surface area contributed by atoms with Crippen LogP contribution < -0.4 is 10.6 Å². The number of hydrogen-bond acceptors (Lipinski definition) is 3. The van der Waals surface area contributed by atoms with E-state index in [9.17, 15) is 0 Å². The highest BCUT2D eigenvalue weighted by atomic mass is 16.4. The quantitative estimate of drug-likeness (QED) is 0.352. The Morgan fingerprint density at radius 2 is 1.83 bits per heavy atom. The van der Waals surface area contributed by atoms with Gasteiger partial charge in [-0.15, -0.1) is 0 Å². The number of anilines is 1. The van der Waals surface area contributed by atoms with Crippen molar-refractivity contribution in [1.29, 1.82) is 0 Å². The molecule has 4 nitrogen and oxygen atoms in total. The minimum absolute atomic E-state index is 0.143. The van der Waals surface area contributed by atoms with Gasteiger partial charge in [0.05, 0.1) is 0 Å². The summed E-state index contributed by atoms with van der Waals surface area (Å²) in [6.45, 7) is 5.50. The fraction of sp³-hybridized carbons (Fsp3) is 0.500. The van der Waals surface area contributed by atoms with E-state index in [0.717, 1.165) is 23.7 Å². The van der Waals surface area contributed by atoms with Crippen LogP contribution >= 0.6 is 0 Å². The van der Waals surface area contributed by atoms with E-state index in [-0.39, 0.29) is 5.84 Å². The van der Waals surface area contributed by atoms with Crippen molar-refractivity contribution in [2.24, 2.45) is 16.8 Å². The molecule has 0 aliphatic rings. The molecule has 0 aliphatic heterocycles. The fourth-order valence-corrected chi connectivity index (χ4v) is 1.98. The van der Waals surface area contributed by atoms with Crippen molar-refractivity contribution < 1.29 is 5.21 Å². The standard InChI is InChI=1S/C14H23N3O/c1-4-11(5-2)10-17(3)13-8-6-12(7-9-13)14(15)16-18/h6-9,11,18H,4-5,10H2,1-3H3,(H2,15,16). The maximum atomic E-state index is 8.60. The second-order valence-corrected chi connectivity index (χ2v) is 4.60. The third kappa shape index (κ3) is 3.65. The predicted molar refractivity (Wildman–Crippen MR) is 76.3 cm³/mol. The fourth-order valence-electron chi connectivity index (χ4n) is 1.98. The van der Waals surface area contributed by atoms with Crippen LogP contribution in [0.1, 0.15) is 32.3 Å². The Labute approximate surface area is 109 Å². The third-order valence-corrected chi connectivity index (χ3v) is 3.40. The minimum Gasteiger partial charge on any atom is -0.409 e. The Morgan fingerprint density at radius 1 is 1.28 bits per heavy atom. The van der Waals surface area contributed by atoms with Gasteiger partial charge in [0.1, 0.15) is 0 Å². The number of hydrogen-bond donors (Lipinski definition) is 2. The summed E-state index contributed by atoms with van der Waals surface area (Å²) in [7, 11) is 2.09. The summed E-state index contributed by atoms with van der Waals surface area (Å²) < 4.78 is 0. The molecular formula is C14H23N3O. The first-order valence-electron chi connectivity index (χ1n) is 6.41. The van der Waals surface area contributed by atoms with Gasteiger partial charge in [0.25, 0.3) is 0 Å². The van der Waals surface area contributed by atoms with Crippen LogP contribution in [0, 0.1) is 5.92 Å². The molecule has 0 fully saturated rings. The van der Waals surface area contributed by atoms with Crippen LogP contribution in [0.15, 0.2) is 29.4 Å². The van der Waals surface area contributed by atoms with E-state index < -0.39 is 0 Å². The number of amidine groups is 1. The molecule has 0 atom stereocenters. The van der Waals surface area contributed by atoms with Crippen LogP contribution in [0.25, 0.3) is 0 Å². The molecule has 0 bridgehead atoms. The van der Waals surface area contributed by atoms with E-state index in [2.05, 4.69) is 31.0 Å².